The molecule has 5 nitrogen and oxygen atoms in total. The first-order valence-corrected chi connectivity index (χ1v) is 8.54. The highest BCUT2D eigenvalue weighted by atomic mass is 31.0. The molecule has 1 aliphatic heterocycles. The molecule has 0 aliphatic carbocycles. The van der Waals surface area contributed by atoms with Gasteiger partial charge in [-0.1, -0.05) is 21.5 Å². The van der Waals surface area contributed by atoms with Crippen LogP contribution < -0.4 is 9.47 Å². The van der Waals surface area contributed by atoms with E-state index < -0.39 is 0 Å². The van der Waals surface area contributed by atoms with Gasteiger partial charge in [-0.3, -0.25) is 4.79 Å². The van der Waals surface area contributed by atoms with Gasteiger partial charge in [-0.25, -0.2) is 4.90 Å². The zero-order valence-electron chi connectivity index (χ0n) is 14.7. The number of nitrogens with zero attached hydrogens (tertiary/aromatic N) is 1. The largest absolute Gasteiger partial charge is 0.493 e. The Hall–Kier alpha value is -1.94. The summed E-state index contributed by atoms with van der Waals surface area (Å²) >= 11 is 0. The molecule has 0 saturated heterocycles. The van der Waals surface area contributed by atoms with Crippen molar-refractivity contribution >= 4 is 20.3 Å². The van der Waals surface area contributed by atoms with Gasteiger partial charge in [0.15, 0.2) is 17.3 Å². The second kappa shape index (κ2) is 8.95. The van der Waals surface area contributed by atoms with Gasteiger partial charge in [0.1, 0.15) is 5.60 Å². The lowest BCUT2D eigenvalue weighted by Gasteiger charge is -2.37. The van der Waals surface area contributed by atoms with Crippen molar-refractivity contribution in [3.63, 3.8) is 0 Å². The zero-order valence-corrected chi connectivity index (χ0v) is 15.7. The number of fused-ring (bicyclic) bond motifs is 1. The zero-order chi connectivity index (χ0) is 18.4. The molecule has 25 heavy (non-hydrogen) atoms. The normalized spacial score (nSPS) is 16.6. The average molecular weight is 361 g/mol. The fourth-order valence-corrected chi connectivity index (χ4v) is 3.34. The van der Waals surface area contributed by atoms with Crippen LogP contribution >= 0.6 is 8.86 Å². The van der Waals surface area contributed by atoms with Gasteiger partial charge in [0, 0.05) is 19.0 Å². The number of ketones is 1. The molecule has 0 bridgehead atoms. The molecule has 2 rings (SSSR count). The van der Waals surface area contributed by atoms with Crippen molar-refractivity contribution in [2.45, 2.75) is 18.9 Å². The van der Waals surface area contributed by atoms with Gasteiger partial charge < -0.3 is 14.2 Å². The Bertz CT molecular complexity index is 686. The molecule has 0 N–H and O–H groups in total. The molecule has 0 radical (unpaired) electrons. The predicted molar refractivity (Wildman–Crippen MR) is 102 cm³/mol. The molecule has 0 saturated carbocycles. The summed E-state index contributed by atoms with van der Waals surface area (Å²) in [5, 5.41) is 0. The van der Waals surface area contributed by atoms with E-state index in [2.05, 4.69) is 22.0 Å². The molecule has 0 fully saturated rings. The van der Waals surface area contributed by atoms with E-state index in [4.69, 9.17) is 14.2 Å². The number of methoxy groups -OCH3 is 2. The van der Waals surface area contributed by atoms with Crippen LogP contribution in [0.2, 0.25) is 0 Å². The van der Waals surface area contributed by atoms with E-state index in [9.17, 15) is 4.79 Å². The molecular formula is C19H24NO4P. The molecule has 0 aromatic heterocycles. The Morgan fingerprint density at radius 1 is 1.32 bits per heavy atom. The summed E-state index contributed by atoms with van der Waals surface area (Å²) < 4.78 is 16.5. The molecule has 1 aliphatic rings. The third kappa shape index (κ3) is 4.37. The average Bonchev–Trinajstić information content (AvgIpc) is 2.64. The number of hydrogen-bond acceptors (Lipinski definition) is 4. The van der Waals surface area contributed by atoms with Crippen molar-refractivity contribution in [2.24, 2.45) is 0 Å². The molecule has 1 aromatic carbocycles. The predicted octanol–water partition coefficient (Wildman–Crippen LogP) is 3.18. The minimum Gasteiger partial charge on any atom is -0.493 e. The van der Waals surface area contributed by atoms with Crippen molar-refractivity contribution in [2.75, 3.05) is 27.4 Å². The van der Waals surface area contributed by atoms with Crippen LogP contribution in [0.5, 0.6) is 11.5 Å². The second-order valence-corrected chi connectivity index (χ2v) is 6.07. The standard InChI is InChI=1S/C19H24NO4P/c1-5-9-24-19(25)20-8-7-13-10-17(22-3)18(23-4)12-15(13)16(20)11-14(21)6-2/h5-6,10,12,16,25H,1-2,7-9,11H2,3-4H3/t16-/m1/s1. The summed E-state index contributed by atoms with van der Waals surface area (Å²) in [6, 6.07) is 3.75. The number of ether oxygens (including phenoxy) is 3. The summed E-state index contributed by atoms with van der Waals surface area (Å²) in [5.41, 5.74) is 2.75. The van der Waals surface area contributed by atoms with E-state index >= 15 is 0 Å². The maximum absolute atomic E-state index is 12.1. The Labute approximate surface area is 151 Å². The third-order valence-electron chi connectivity index (χ3n) is 4.22. The van der Waals surface area contributed by atoms with Gasteiger partial charge in [-0.2, -0.15) is 0 Å². The first-order valence-electron chi connectivity index (χ1n) is 8.04. The van der Waals surface area contributed by atoms with Crippen LogP contribution in [0.25, 0.3) is 0 Å². The van der Waals surface area contributed by atoms with Gasteiger partial charge in [0.2, 0.25) is 0 Å². The first-order chi connectivity index (χ1) is 12.0. The highest BCUT2D eigenvalue weighted by Gasteiger charge is 2.32. The molecule has 0 spiro atoms. The van der Waals surface area contributed by atoms with Crippen molar-refractivity contribution < 1.29 is 19.0 Å². The summed E-state index contributed by atoms with van der Waals surface area (Å²) in [7, 11) is 6.76. The summed E-state index contributed by atoms with van der Waals surface area (Å²) in [6.07, 6.45) is 4.14. The van der Waals surface area contributed by atoms with Crippen molar-refractivity contribution in [1.82, 2.24) is 4.90 Å². The minimum absolute atomic E-state index is 0.0270. The van der Waals surface area contributed by atoms with E-state index in [0.29, 0.717) is 36.7 Å². The molecule has 0 amide bonds. The monoisotopic (exact) mass is 361 g/mol. The van der Waals surface area contributed by atoms with Crippen LogP contribution in [0.15, 0.2) is 37.4 Å². The number of carbonyl (C=O) groups excluding carboxylic acids is 1. The Kier molecular flexibility index (Phi) is 6.94. The SMILES string of the molecule is C=CCOC(=P)N1CCc2cc(OC)c(OC)cc2[C@H]1CC(=O)C=C. The number of rotatable bonds is 9. The molecule has 6 heteroatoms. The highest BCUT2D eigenvalue weighted by molar-refractivity contribution is 7.20. The van der Waals surface area contributed by atoms with Gasteiger partial charge in [0.05, 0.1) is 20.8 Å². The molecule has 1 aromatic rings. The maximum atomic E-state index is 12.1. The highest BCUT2D eigenvalue weighted by Crippen LogP contribution is 2.39. The molecule has 1 atom stereocenters. The Morgan fingerprint density at radius 3 is 2.60 bits per heavy atom. The Morgan fingerprint density at radius 2 is 2.00 bits per heavy atom. The van der Waals surface area contributed by atoms with Crippen molar-refractivity contribution in [1.29, 1.82) is 0 Å². The lowest BCUT2D eigenvalue weighted by Crippen LogP contribution is -2.41. The van der Waals surface area contributed by atoms with Gasteiger partial charge >= 0.3 is 0 Å². The van der Waals surface area contributed by atoms with E-state index in [1.807, 2.05) is 17.0 Å². The number of allylic oxidation sites excluding steroid dienone is 1. The first kappa shape index (κ1) is 19.4. The quantitative estimate of drug-likeness (QED) is 0.384. The molecule has 0 unspecified atom stereocenters. The molecule has 134 valence electrons. The van der Waals surface area contributed by atoms with Gasteiger partial charge in [-0.05, 0) is 35.8 Å². The van der Waals surface area contributed by atoms with Crippen LogP contribution in [0.4, 0.5) is 0 Å². The van der Waals surface area contributed by atoms with Crippen LogP contribution in [-0.4, -0.2) is 43.7 Å². The summed E-state index contributed by atoms with van der Waals surface area (Å²) in [4.78, 5) is 14.1. The van der Waals surface area contributed by atoms with Crippen molar-refractivity contribution in [3.8, 4) is 11.5 Å². The van der Waals surface area contributed by atoms with Crippen LogP contribution in [0.3, 0.4) is 0 Å². The number of benzene rings is 1. The van der Waals surface area contributed by atoms with Crippen LogP contribution in [-0.2, 0) is 16.0 Å². The Balaban J connectivity index is 2.43. The fourth-order valence-electron chi connectivity index (χ4n) is 2.99. The summed E-state index contributed by atoms with van der Waals surface area (Å²) in [5.74, 6) is 1.30. The fraction of sp³-hybridized carbons (Fsp3) is 0.368. The van der Waals surface area contributed by atoms with E-state index in [-0.39, 0.29) is 11.8 Å². The van der Waals surface area contributed by atoms with Gasteiger partial charge in [0.25, 0.3) is 0 Å². The lowest BCUT2D eigenvalue weighted by molar-refractivity contribution is -0.115. The lowest BCUT2D eigenvalue weighted by atomic mass is 9.89. The van der Waals surface area contributed by atoms with Crippen LogP contribution in [0, 0.1) is 0 Å². The van der Waals surface area contributed by atoms with E-state index in [0.717, 1.165) is 17.5 Å². The topological polar surface area (TPSA) is 48.0 Å². The smallest absolute Gasteiger partial charge is 0.161 e. The number of carbonyl (C=O) groups is 1. The van der Waals surface area contributed by atoms with Crippen molar-refractivity contribution in [3.05, 3.63) is 48.6 Å². The molecule has 1 heterocycles. The summed E-state index contributed by atoms with van der Waals surface area (Å²) in [6.45, 7) is 8.35. The van der Waals surface area contributed by atoms with E-state index in [1.54, 1.807) is 20.3 Å². The van der Waals surface area contributed by atoms with Gasteiger partial charge in [-0.15, -0.1) is 6.58 Å². The second-order valence-electron chi connectivity index (χ2n) is 5.64. The van der Waals surface area contributed by atoms with Crippen LogP contribution in [0.1, 0.15) is 23.6 Å². The third-order valence-corrected chi connectivity index (χ3v) is 4.66. The maximum Gasteiger partial charge on any atom is 0.161 e. The minimum atomic E-state index is -0.175. The number of hydrogen-bond donors (Lipinski definition) is 0. The molecular weight excluding hydrogens is 337 g/mol. The van der Waals surface area contributed by atoms with E-state index in [1.165, 1.54) is 6.08 Å².